The van der Waals surface area contributed by atoms with Crippen molar-refractivity contribution in [3.05, 3.63) is 96.1 Å². The van der Waals surface area contributed by atoms with Gasteiger partial charge in [-0.15, -0.1) is 0 Å². The maximum absolute atomic E-state index is 14.0. The molecule has 6 nitrogen and oxygen atoms in total. The van der Waals surface area contributed by atoms with Crippen molar-refractivity contribution in [1.29, 1.82) is 0 Å². The van der Waals surface area contributed by atoms with Gasteiger partial charge in [0.2, 0.25) is 0 Å². The lowest BCUT2D eigenvalue weighted by Gasteiger charge is -2.11. The quantitative estimate of drug-likeness (QED) is 0.273. The second-order valence-corrected chi connectivity index (χ2v) is 9.44. The summed E-state index contributed by atoms with van der Waals surface area (Å²) in [7, 11) is 3.25. The van der Waals surface area contributed by atoms with Gasteiger partial charge in [0.15, 0.2) is 0 Å². The van der Waals surface area contributed by atoms with E-state index in [2.05, 4.69) is 9.88 Å². The van der Waals surface area contributed by atoms with Gasteiger partial charge < -0.3 is 19.4 Å². The molecule has 0 saturated heterocycles. The van der Waals surface area contributed by atoms with E-state index in [0.717, 1.165) is 65.2 Å². The number of benzene rings is 3. The first kappa shape index (κ1) is 23.9. The normalized spacial score (nSPS) is 12.8. The number of methoxy groups -OCH3 is 2. The van der Waals surface area contributed by atoms with Crippen LogP contribution in [-0.4, -0.2) is 29.1 Å². The summed E-state index contributed by atoms with van der Waals surface area (Å²) >= 11 is 0. The largest absolute Gasteiger partial charge is 0.497 e. The molecule has 192 valence electrons. The minimum absolute atomic E-state index is 0.238. The average molecular weight is 510 g/mol. The fourth-order valence-electron chi connectivity index (χ4n) is 5.42. The Balaban J connectivity index is 1.57. The van der Waals surface area contributed by atoms with Gasteiger partial charge in [0.25, 0.3) is 5.91 Å². The topological polar surface area (TPSA) is 56.9 Å². The number of halogens is 1. The number of nitrogens with one attached hydrogen (secondary N) is 1. The van der Waals surface area contributed by atoms with Gasteiger partial charge in [0.1, 0.15) is 28.7 Å². The van der Waals surface area contributed by atoms with Crippen LogP contribution in [0.2, 0.25) is 0 Å². The van der Waals surface area contributed by atoms with E-state index in [9.17, 15) is 9.18 Å². The minimum atomic E-state index is -0.308. The molecule has 0 bridgehead atoms. The predicted octanol–water partition coefficient (Wildman–Crippen LogP) is 6.82. The summed E-state index contributed by atoms with van der Waals surface area (Å²) in [4.78, 5) is 14.0. The van der Waals surface area contributed by atoms with Gasteiger partial charge in [0.05, 0.1) is 19.9 Å². The number of imidazole rings is 1. The lowest BCUT2D eigenvalue weighted by Crippen LogP contribution is -2.15. The highest BCUT2D eigenvalue weighted by atomic mass is 19.1. The molecule has 1 aliphatic rings. The average Bonchev–Trinajstić information content (AvgIpc) is 3.36. The molecule has 5 aromatic rings. The molecule has 3 heterocycles. The van der Waals surface area contributed by atoms with Crippen LogP contribution in [0.15, 0.2) is 79.0 Å². The number of carbonyl (C=O) groups excluding carboxylic acids is 1. The number of hydrogen-bond donors (Lipinski definition) is 1. The molecule has 1 N–H and O–H groups in total. The summed E-state index contributed by atoms with van der Waals surface area (Å²) in [6.45, 7) is 0.842. The third-order valence-electron chi connectivity index (χ3n) is 7.20. The van der Waals surface area contributed by atoms with Gasteiger partial charge in [-0.05, 0) is 78.9 Å². The van der Waals surface area contributed by atoms with E-state index in [1.807, 2.05) is 53.1 Å². The lowest BCUT2D eigenvalue weighted by atomic mass is 9.97. The molecule has 0 fully saturated rings. The molecule has 0 saturated carbocycles. The molecular formula is C31H28FN3O3. The van der Waals surface area contributed by atoms with Crippen LogP contribution in [0.3, 0.4) is 0 Å². The van der Waals surface area contributed by atoms with Crippen molar-refractivity contribution in [3.8, 4) is 33.9 Å². The maximum atomic E-state index is 14.0. The van der Waals surface area contributed by atoms with E-state index in [1.165, 1.54) is 12.1 Å². The number of anilines is 1. The molecule has 6 rings (SSSR count). The smallest absolute Gasteiger partial charge is 0.273 e. The van der Waals surface area contributed by atoms with Crippen molar-refractivity contribution in [3.63, 3.8) is 0 Å². The first-order valence-electron chi connectivity index (χ1n) is 12.7. The molecule has 3 aromatic carbocycles. The molecule has 0 spiro atoms. The summed E-state index contributed by atoms with van der Waals surface area (Å²) in [6.07, 6.45) is 4.89. The second kappa shape index (κ2) is 9.74. The molecule has 0 atom stereocenters. The zero-order chi connectivity index (χ0) is 26.2. The Morgan fingerprint density at radius 1 is 0.895 bits per heavy atom. The van der Waals surface area contributed by atoms with Gasteiger partial charge in [-0.2, -0.15) is 0 Å². The van der Waals surface area contributed by atoms with Crippen molar-refractivity contribution in [1.82, 2.24) is 8.97 Å². The highest BCUT2D eigenvalue weighted by molar-refractivity contribution is 6.10. The van der Waals surface area contributed by atoms with Crippen LogP contribution in [0.25, 0.3) is 28.0 Å². The van der Waals surface area contributed by atoms with Crippen LogP contribution in [0.5, 0.6) is 11.5 Å². The molecule has 7 heteroatoms. The summed E-state index contributed by atoms with van der Waals surface area (Å²) in [6, 6.07) is 21.7. The zero-order valence-corrected chi connectivity index (χ0v) is 21.3. The first-order valence-corrected chi connectivity index (χ1v) is 12.7. The first-order chi connectivity index (χ1) is 18.6. The molecule has 1 aliphatic heterocycles. The van der Waals surface area contributed by atoms with Crippen molar-refractivity contribution < 1.29 is 18.7 Å². The van der Waals surface area contributed by atoms with E-state index >= 15 is 0 Å². The van der Waals surface area contributed by atoms with E-state index < -0.39 is 0 Å². The van der Waals surface area contributed by atoms with Crippen LogP contribution in [-0.2, 0) is 13.0 Å². The van der Waals surface area contributed by atoms with Gasteiger partial charge in [-0.25, -0.2) is 4.39 Å². The Morgan fingerprint density at radius 3 is 2.37 bits per heavy atom. The summed E-state index contributed by atoms with van der Waals surface area (Å²) in [5, 5.41) is 3.06. The molecule has 2 aromatic heterocycles. The number of ether oxygens (including phenoxy) is 2. The summed E-state index contributed by atoms with van der Waals surface area (Å²) in [5.41, 5.74) is 7.01. The Kier molecular flexibility index (Phi) is 6.12. The predicted molar refractivity (Wildman–Crippen MR) is 147 cm³/mol. The van der Waals surface area contributed by atoms with E-state index in [0.29, 0.717) is 17.1 Å². The van der Waals surface area contributed by atoms with Crippen molar-refractivity contribution in [2.24, 2.45) is 0 Å². The molecule has 0 unspecified atom stereocenters. The molecule has 0 aliphatic carbocycles. The Labute approximate surface area is 220 Å². The van der Waals surface area contributed by atoms with E-state index in [-0.39, 0.29) is 11.7 Å². The lowest BCUT2D eigenvalue weighted by molar-refractivity contribution is 0.102. The standard InChI is InChI=1S/C31H28FN3O3/c1-37-24-15-11-20(12-16-24)27-19-35-29(30(36)33-23-6-5-7-25(18-23)38-2)28(21-9-13-22(32)14-10-21)26-8-3-4-17-34(27)31(26)35/h5-7,9-16,18-19H,3-4,8,17H2,1-2H3,(H,33,36). The number of nitrogens with zero attached hydrogens (tertiary/aromatic N) is 2. The van der Waals surface area contributed by atoms with Gasteiger partial charge >= 0.3 is 0 Å². The number of carbonyl (C=O) groups is 1. The highest BCUT2D eigenvalue weighted by Crippen LogP contribution is 2.40. The fraction of sp³-hybridized carbons (Fsp3) is 0.194. The third-order valence-corrected chi connectivity index (χ3v) is 7.20. The Morgan fingerprint density at radius 2 is 1.63 bits per heavy atom. The van der Waals surface area contributed by atoms with Crippen LogP contribution in [0, 0.1) is 5.82 Å². The number of rotatable bonds is 6. The van der Waals surface area contributed by atoms with E-state index in [1.54, 1.807) is 32.4 Å². The van der Waals surface area contributed by atoms with Gasteiger partial charge in [0, 0.05) is 35.6 Å². The van der Waals surface area contributed by atoms with Crippen molar-refractivity contribution >= 4 is 17.2 Å². The molecule has 0 radical (unpaired) electrons. The monoisotopic (exact) mass is 509 g/mol. The SMILES string of the molecule is COc1ccc(-c2cn3c(C(=O)Nc4cccc(OC)c4)c(-c4ccc(F)cc4)c4c3n2CCCC4)cc1. The van der Waals surface area contributed by atoms with Crippen LogP contribution < -0.4 is 14.8 Å². The maximum Gasteiger partial charge on any atom is 0.273 e. The highest BCUT2D eigenvalue weighted by Gasteiger charge is 2.29. The number of aromatic nitrogens is 2. The number of amides is 1. The fourth-order valence-corrected chi connectivity index (χ4v) is 5.42. The van der Waals surface area contributed by atoms with Crippen LogP contribution in [0.1, 0.15) is 28.9 Å². The zero-order valence-electron chi connectivity index (χ0n) is 21.3. The van der Waals surface area contributed by atoms with E-state index in [4.69, 9.17) is 9.47 Å². The van der Waals surface area contributed by atoms with Gasteiger partial charge in [-0.3, -0.25) is 9.20 Å². The molecule has 38 heavy (non-hydrogen) atoms. The second-order valence-electron chi connectivity index (χ2n) is 9.44. The summed E-state index contributed by atoms with van der Waals surface area (Å²) < 4.78 is 28.9. The Bertz CT molecular complexity index is 1630. The minimum Gasteiger partial charge on any atom is -0.497 e. The van der Waals surface area contributed by atoms with Crippen LogP contribution in [0.4, 0.5) is 10.1 Å². The third kappa shape index (κ3) is 4.10. The number of hydrogen-bond acceptors (Lipinski definition) is 3. The molecular weight excluding hydrogens is 481 g/mol. The van der Waals surface area contributed by atoms with Crippen LogP contribution >= 0.6 is 0 Å². The van der Waals surface area contributed by atoms with Crippen molar-refractivity contribution in [2.45, 2.75) is 25.8 Å². The molecule has 1 amide bonds. The summed E-state index contributed by atoms with van der Waals surface area (Å²) in [5.74, 6) is 0.903. The Hall–Kier alpha value is -4.52. The van der Waals surface area contributed by atoms with Crippen molar-refractivity contribution in [2.75, 3.05) is 19.5 Å². The number of aryl methyl sites for hydroxylation is 2. The van der Waals surface area contributed by atoms with Gasteiger partial charge in [-0.1, -0.05) is 18.2 Å².